The third-order valence-electron chi connectivity index (χ3n) is 5.76. The van der Waals surface area contributed by atoms with Crippen molar-refractivity contribution in [1.29, 1.82) is 0 Å². The van der Waals surface area contributed by atoms with E-state index in [1.807, 2.05) is 0 Å². The molecule has 1 aliphatic heterocycles. The Morgan fingerprint density at radius 3 is 2.43 bits per heavy atom. The van der Waals surface area contributed by atoms with Gasteiger partial charge in [-0.15, -0.1) is 0 Å². The van der Waals surface area contributed by atoms with Crippen LogP contribution in [0.2, 0.25) is 0 Å². The first kappa shape index (κ1) is 20.7. The summed E-state index contributed by atoms with van der Waals surface area (Å²) in [5.74, 6) is 1.44. The van der Waals surface area contributed by atoms with Crippen molar-refractivity contribution in [2.24, 2.45) is 5.92 Å². The van der Waals surface area contributed by atoms with Gasteiger partial charge in [-0.3, -0.25) is 0 Å². The molecule has 0 radical (unpaired) electrons. The monoisotopic (exact) mass is 384 g/mol. The van der Waals surface area contributed by atoms with Crippen molar-refractivity contribution >= 4 is 5.69 Å². The molecule has 4 heteroatoms. The molecule has 2 aromatic rings. The van der Waals surface area contributed by atoms with Crippen LogP contribution in [0.5, 0.6) is 5.75 Å². The lowest BCUT2D eigenvalue weighted by Gasteiger charge is -2.39. The Balaban J connectivity index is 1.71. The molecule has 2 atom stereocenters. The number of anilines is 1. The molecular weight excluding hydrogens is 351 g/mol. The molecule has 2 aromatic carbocycles. The quantitative estimate of drug-likeness (QED) is 0.624. The lowest BCUT2D eigenvalue weighted by Crippen LogP contribution is -2.42. The van der Waals surface area contributed by atoms with Gasteiger partial charge in [-0.2, -0.15) is 0 Å². The average Bonchev–Trinajstić information content (AvgIpc) is 2.72. The van der Waals surface area contributed by atoms with Crippen molar-refractivity contribution in [3.63, 3.8) is 0 Å². The second-order valence-corrected chi connectivity index (χ2v) is 8.06. The predicted octanol–water partition coefficient (Wildman–Crippen LogP) is 5.18. The van der Waals surface area contributed by atoms with Gasteiger partial charge in [0.25, 0.3) is 0 Å². The van der Waals surface area contributed by atoms with Gasteiger partial charge in [-0.1, -0.05) is 25.5 Å². The summed E-state index contributed by atoms with van der Waals surface area (Å²) in [7, 11) is 4.14. The molecule has 0 aromatic heterocycles. The van der Waals surface area contributed by atoms with Gasteiger partial charge in [0, 0.05) is 32.2 Å². The number of piperidine rings is 1. The maximum atomic E-state index is 13.2. The van der Waals surface area contributed by atoms with E-state index in [4.69, 9.17) is 4.74 Å². The van der Waals surface area contributed by atoms with E-state index in [1.54, 1.807) is 12.1 Å². The van der Waals surface area contributed by atoms with Crippen LogP contribution in [0.3, 0.4) is 0 Å². The van der Waals surface area contributed by atoms with Crippen molar-refractivity contribution in [2.75, 3.05) is 45.2 Å². The Morgan fingerprint density at radius 2 is 1.79 bits per heavy atom. The molecule has 0 bridgehead atoms. The third kappa shape index (κ3) is 5.48. The standard InChI is InChI=1S/C24H33FN2O/c1-4-5-15-27-16-14-24(19-6-10-22(11-7-19)26(2)3)20(17-27)18-28-23-12-8-21(25)9-13-23/h6-13,20,24H,4-5,14-18H2,1-3H3. The fourth-order valence-electron chi connectivity index (χ4n) is 4.05. The smallest absolute Gasteiger partial charge is 0.123 e. The SMILES string of the molecule is CCCCN1CCC(c2ccc(N(C)C)cc2)C(COc2ccc(F)cc2)C1. The minimum absolute atomic E-state index is 0.227. The molecule has 0 aliphatic carbocycles. The van der Waals surface area contributed by atoms with Gasteiger partial charge in [-0.05, 0) is 73.8 Å². The fourth-order valence-corrected chi connectivity index (χ4v) is 4.05. The van der Waals surface area contributed by atoms with E-state index in [-0.39, 0.29) is 5.82 Å². The van der Waals surface area contributed by atoms with Crippen LogP contribution < -0.4 is 9.64 Å². The zero-order valence-electron chi connectivity index (χ0n) is 17.4. The summed E-state index contributed by atoms with van der Waals surface area (Å²) in [4.78, 5) is 4.71. The number of ether oxygens (including phenoxy) is 1. The van der Waals surface area contributed by atoms with Crippen molar-refractivity contribution in [1.82, 2.24) is 4.90 Å². The molecule has 1 saturated heterocycles. The number of benzene rings is 2. The van der Waals surface area contributed by atoms with E-state index in [2.05, 4.69) is 55.1 Å². The first-order valence-electron chi connectivity index (χ1n) is 10.4. The Morgan fingerprint density at radius 1 is 1.07 bits per heavy atom. The highest BCUT2D eigenvalue weighted by Gasteiger charge is 2.30. The molecule has 0 spiro atoms. The molecule has 152 valence electrons. The number of unbranched alkanes of at least 4 members (excludes halogenated alkanes) is 1. The van der Waals surface area contributed by atoms with Crippen LogP contribution in [0.15, 0.2) is 48.5 Å². The molecule has 2 unspecified atom stereocenters. The summed E-state index contributed by atoms with van der Waals surface area (Å²) in [5.41, 5.74) is 2.62. The van der Waals surface area contributed by atoms with Gasteiger partial charge in [0.2, 0.25) is 0 Å². The van der Waals surface area contributed by atoms with Gasteiger partial charge in [0.15, 0.2) is 0 Å². The molecule has 28 heavy (non-hydrogen) atoms. The lowest BCUT2D eigenvalue weighted by atomic mass is 9.80. The normalized spacial score (nSPS) is 20.1. The molecule has 3 rings (SSSR count). The number of nitrogens with zero attached hydrogens (tertiary/aromatic N) is 2. The zero-order valence-corrected chi connectivity index (χ0v) is 17.4. The second kappa shape index (κ2) is 9.92. The van der Waals surface area contributed by atoms with Crippen molar-refractivity contribution < 1.29 is 9.13 Å². The summed E-state index contributed by atoms with van der Waals surface area (Å²) in [6.45, 7) is 6.27. The lowest BCUT2D eigenvalue weighted by molar-refractivity contribution is 0.110. The maximum absolute atomic E-state index is 13.2. The average molecular weight is 385 g/mol. The summed E-state index contributed by atoms with van der Waals surface area (Å²) in [6.07, 6.45) is 3.62. The van der Waals surface area contributed by atoms with Gasteiger partial charge >= 0.3 is 0 Å². The van der Waals surface area contributed by atoms with Gasteiger partial charge < -0.3 is 14.5 Å². The number of likely N-dealkylation sites (tertiary alicyclic amines) is 1. The van der Waals surface area contributed by atoms with E-state index >= 15 is 0 Å². The Bertz CT molecular complexity index is 714. The van der Waals surface area contributed by atoms with Crippen LogP contribution >= 0.6 is 0 Å². The van der Waals surface area contributed by atoms with E-state index in [1.165, 1.54) is 36.2 Å². The van der Waals surface area contributed by atoms with E-state index in [9.17, 15) is 4.39 Å². The van der Waals surface area contributed by atoms with E-state index < -0.39 is 0 Å². The zero-order chi connectivity index (χ0) is 19.9. The minimum atomic E-state index is -0.227. The van der Waals surface area contributed by atoms with Crippen molar-refractivity contribution in [3.8, 4) is 5.75 Å². The fraction of sp³-hybridized carbons (Fsp3) is 0.500. The van der Waals surface area contributed by atoms with Crippen LogP contribution in [0.25, 0.3) is 0 Å². The van der Waals surface area contributed by atoms with E-state index in [0.717, 1.165) is 31.8 Å². The summed E-state index contributed by atoms with van der Waals surface area (Å²) in [5, 5.41) is 0. The highest BCUT2D eigenvalue weighted by Crippen LogP contribution is 2.34. The molecule has 0 N–H and O–H groups in total. The molecule has 0 amide bonds. The Kier molecular flexibility index (Phi) is 7.32. The van der Waals surface area contributed by atoms with Crippen molar-refractivity contribution in [3.05, 3.63) is 59.9 Å². The summed E-state index contributed by atoms with van der Waals surface area (Å²) >= 11 is 0. The topological polar surface area (TPSA) is 15.7 Å². The molecular formula is C24H33FN2O. The highest BCUT2D eigenvalue weighted by molar-refractivity contribution is 5.46. The molecule has 3 nitrogen and oxygen atoms in total. The number of rotatable bonds is 8. The Labute approximate surface area is 169 Å². The molecule has 0 saturated carbocycles. The summed E-state index contributed by atoms with van der Waals surface area (Å²) < 4.78 is 19.2. The van der Waals surface area contributed by atoms with Crippen LogP contribution in [-0.4, -0.2) is 45.2 Å². The maximum Gasteiger partial charge on any atom is 0.123 e. The Hall–Kier alpha value is -2.07. The van der Waals surface area contributed by atoms with Gasteiger partial charge in [0.05, 0.1) is 6.61 Å². The highest BCUT2D eigenvalue weighted by atomic mass is 19.1. The molecule has 1 aliphatic rings. The van der Waals surface area contributed by atoms with Gasteiger partial charge in [-0.25, -0.2) is 4.39 Å². The number of hydrogen-bond acceptors (Lipinski definition) is 3. The molecule has 1 fully saturated rings. The van der Waals surface area contributed by atoms with Crippen LogP contribution in [0.4, 0.5) is 10.1 Å². The predicted molar refractivity (Wildman–Crippen MR) is 115 cm³/mol. The van der Waals surface area contributed by atoms with E-state index in [0.29, 0.717) is 18.4 Å². The number of hydrogen-bond donors (Lipinski definition) is 0. The van der Waals surface area contributed by atoms with Crippen LogP contribution in [0.1, 0.15) is 37.7 Å². The molecule has 1 heterocycles. The van der Waals surface area contributed by atoms with Crippen LogP contribution in [-0.2, 0) is 0 Å². The number of halogens is 1. The minimum Gasteiger partial charge on any atom is -0.493 e. The van der Waals surface area contributed by atoms with Gasteiger partial charge in [0.1, 0.15) is 11.6 Å². The first-order chi connectivity index (χ1) is 13.6. The third-order valence-corrected chi connectivity index (χ3v) is 5.76. The largest absolute Gasteiger partial charge is 0.493 e. The summed E-state index contributed by atoms with van der Waals surface area (Å²) in [6, 6.07) is 15.3. The second-order valence-electron chi connectivity index (χ2n) is 8.06. The van der Waals surface area contributed by atoms with Crippen molar-refractivity contribution in [2.45, 2.75) is 32.1 Å². The first-order valence-corrected chi connectivity index (χ1v) is 10.4. The van der Waals surface area contributed by atoms with Crippen LogP contribution in [0, 0.1) is 11.7 Å².